The van der Waals surface area contributed by atoms with E-state index in [9.17, 15) is 0 Å². The van der Waals surface area contributed by atoms with Crippen molar-refractivity contribution in [3.63, 3.8) is 0 Å². The van der Waals surface area contributed by atoms with Crippen LogP contribution in [0.1, 0.15) is 12.8 Å². The third-order valence-corrected chi connectivity index (χ3v) is 3.85. The number of nitrogens with zero attached hydrogens (tertiary/aromatic N) is 5. The molecule has 1 saturated heterocycles. The average molecular weight is 269 g/mol. The highest BCUT2D eigenvalue weighted by Gasteiger charge is 2.21. The van der Waals surface area contributed by atoms with Crippen molar-refractivity contribution in [2.75, 3.05) is 18.0 Å². The predicted octanol–water partition coefficient (Wildman–Crippen LogP) is 0.829. The van der Waals surface area contributed by atoms with Gasteiger partial charge in [0.1, 0.15) is 0 Å². The summed E-state index contributed by atoms with van der Waals surface area (Å²) in [6, 6.07) is 2.21. The van der Waals surface area contributed by atoms with E-state index in [1.54, 1.807) is 6.20 Å². The van der Waals surface area contributed by atoms with E-state index < -0.39 is 0 Å². The Morgan fingerprint density at radius 1 is 1.30 bits per heavy atom. The number of hydrogen-bond donors (Lipinski definition) is 2. The van der Waals surface area contributed by atoms with Crippen LogP contribution in [-0.4, -0.2) is 44.5 Å². The second-order valence-electron chi connectivity index (χ2n) is 5.22. The first-order valence-electron chi connectivity index (χ1n) is 6.78. The van der Waals surface area contributed by atoms with E-state index in [1.165, 1.54) is 0 Å². The summed E-state index contributed by atoms with van der Waals surface area (Å²) in [6.45, 7) is 1.83. The van der Waals surface area contributed by atoms with Gasteiger partial charge < -0.3 is 15.6 Å². The van der Waals surface area contributed by atoms with E-state index in [-0.39, 0.29) is 6.04 Å². The number of fused-ring (bicyclic) bond motifs is 3. The van der Waals surface area contributed by atoms with E-state index in [0.717, 1.165) is 48.0 Å². The van der Waals surface area contributed by atoms with Crippen molar-refractivity contribution in [2.24, 2.45) is 5.73 Å². The van der Waals surface area contributed by atoms with Crippen molar-refractivity contribution in [3.8, 4) is 0 Å². The van der Waals surface area contributed by atoms with Gasteiger partial charge in [0.25, 0.3) is 0 Å². The molecule has 20 heavy (non-hydrogen) atoms. The highest BCUT2D eigenvalue weighted by Crippen LogP contribution is 2.30. The van der Waals surface area contributed by atoms with E-state index >= 15 is 0 Å². The molecule has 3 N–H and O–H groups in total. The van der Waals surface area contributed by atoms with Gasteiger partial charge in [-0.1, -0.05) is 0 Å². The maximum Gasteiger partial charge on any atom is 0.206 e. The molecule has 0 saturated carbocycles. The summed E-state index contributed by atoms with van der Waals surface area (Å²) in [4.78, 5) is 5.36. The molecule has 4 rings (SSSR count). The fourth-order valence-corrected chi connectivity index (χ4v) is 2.91. The zero-order valence-electron chi connectivity index (χ0n) is 11.0. The van der Waals surface area contributed by atoms with Crippen molar-refractivity contribution in [1.29, 1.82) is 0 Å². The Labute approximate surface area is 115 Å². The second kappa shape index (κ2) is 4.38. The van der Waals surface area contributed by atoms with Gasteiger partial charge in [0.05, 0.1) is 17.3 Å². The van der Waals surface area contributed by atoms with Crippen LogP contribution in [0.3, 0.4) is 0 Å². The van der Waals surface area contributed by atoms with E-state index in [0.29, 0.717) is 5.65 Å². The van der Waals surface area contributed by atoms with Crippen LogP contribution in [0, 0.1) is 0 Å². The fraction of sp³-hybridized carbons (Fsp3) is 0.385. The van der Waals surface area contributed by atoms with Gasteiger partial charge in [0.15, 0.2) is 5.65 Å². The third-order valence-electron chi connectivity index (χ3n) is 3.85. The lowest BCUT2D eigenvalue weighted by atomic mass is 10.1. The second-order valence-corrected chi connectivity index (χ2v) is 5.22. The van der Waals surface area contributed by atoms with Crippen molar-refractivity contribution in [1.82, 2.24) is 25.4 Å². The molecule has 0 bridgehead atoms. The Hall–Kier alpha value is -2.28. The molecule has 3 aromatic rings. The largest absolute Gasteiger partial charge is 0.368 e. The highest BCUT2D eigenvalue weighted by atomic mass is 15.2. The number of nitrogens with one attached hydrogen (secondary N) is 1. The Morgan fingerprint density at radius 2 is 2.25 bits per heavy atom. The molecule has 7 nitrogen and oxygen atoms in total. The highest BCUT2D eigenvalue weighted by molar-refractivity contribution is 6.08. The van der Waals surface area contributed by atoms with Crippen molar-refractivity contribution in [2.45, 2.75) is 18.9 Å². The molecule has 0 aliphatic carbocycles. The zero-order valence-corrected chi connectivity index (χ0v) is 11.0. The monoisotopic (exact) mass is 269 g/mol. The standard InChI is InChI=1S/C13H15N7/c14-8-2-1-5-20(7-8)10-6-16-17-13-11(10)9-3-4-15-12(9)18-19-13/h3-4,6,8H,1-2,5,7,14H2,(H,15,18). The molecule has 7 heteroatoms. The molecule has 0 aromatic carbocycles. The molecular weight excluding hydrogens is 254 g/mol. The number of hydrogen-bond acceptors (Lipinski definition) is 6. The average Bonchev–Trinajstić information content (AvgIpc) is 2.95. The molecule has 102 valence electrons. The van der Waals surface area contributed by atoms with Crippen LogP contribution < -0.4 is 10.6 Å². The van der Waals surface area contributed by atoms with Crippen LogP contribution in [0.2, 0.25) is 0 Å². The first-order valence-corrected chi connectivity index (χ1v) is 6.78. The van der Waals surface area contributed by atoms with Gasteiger partial charge in [-0.25, -0.2) is 0 Å². The van der Waals surface area contributed by atoms with Crippen LogP contribution >= 0.6 is 0 Å². The lowest BCUT2D eigenvalue weighted by Gasteiger charge is -2.32. The minimum Gasteiger partial charge on any atom is -0.368 e. The number of nitrogens with two attached hydrogens (primary N) is 1. The topological polar surface area (TPSA) is 96.6 Å². The molecule has 1 unspecified atom stereocenters. The van der Waals surface area contributed by atoms with Gasteiger partial charge in [0.2, 0.25) is 5.65 Å². The Bertz CT molecular complexity index is 766. The zero-order chi connectivity index (χ0) is 13.5. The Morgan fingerprint density at radius 3 is 3.15 bits per heavy atom. The molecule has 4 heterocycles. The maximum absolute atomic E-state index is 6.09. The van der Waals surface area contributed by atoms with Crippen molar-refractivity contribution < 1.29 is 0 Å². The minimum absolute atomic E-state index is 0.212. The number of aromatic amines is 1. The van der Waals surface area contributed by atoms with Crippen LogP contribution in [0.15, 0.2) is 18.5 Å². The number of aromatic nitrogens is 5. The quantitative estimate of drug-likeness (QED) is 0.679. The predicted molar refractivity (Wildman–Crippen MR) is 76.4 cm³/mol. The van der Waals surface area contributed by atoms with E-state index in [2.05, 4.69) is 30.3 Å². The molecule has 1 fully saturated rings. The lowest BCUT2D eigenvalue weighted by Crippen LogP contribution is -2.43. The summed E-state index contributed by atoms with van der Waals surface area (Å²) in [5.74, 6) is 0. The third kappa shape index (κ3) is 1.70. The SMILES string of the molecule is NC1CCCN(c2cnnc3nnc4[nH]ccc4c23)C1. The van der Waals surface area contributed by atoms with Gasteiger partial charge in [-0.05, 0) is 18.9 Å². The molecular formula is C13H15N7. The maximum atomic E-state index is 6.09. The van der Waals surface area contributed by atoms with Gasteiger partial charge in [0, 0.05) is 30.7 Å². The number of H-pyrrole nitrogens is 1. The molecule has 1 aliphatic heterocycles. The molecule has 1 aliphatic rings. The van der Waals surface area contributed by atoms with Gasteiger partial charge in [-0.3, -0.25) is 0 Å². The Kier molecular flexibility index (Phi) is 2.53. The lowest BCUT2D eigenvalue weighted by molar-refractivity contribution is 0.506. The van der Waals surface area contributed by atoms with Gasteiger partial charge in [-0.15, -0.1) is 15.3 Å². The smallest absolute Gasteiger partial charge is 0.206 e. The first kappa shape index (κ1) is 11.5. The number of rotatable bonds is 1. The van der Waals surface area contributed by atoms with Crippen LogP contribution in [0.25, 0.3) is 22.1 Å². The number of anilines is 1. The molecule has 0 amide bonds. The van der Waals surface area contributed by atoms with E-state index in [4.69, 9.17) is 5.73 Å². The summed E-state index contributed by atoms with van der Waals surface area (Å²) in [7, 11) is 0. The van der Waals surface area contributed by atoms with Crippen molar-refractivity contribution in [3.05, 3.63) is 18.5 Å². The summed E-state index contributed by atoms with van der Waals surface area (Å²) >= 11 is 0. The van der Waals surface area contributed by atoms with E-state index in [1.807, 2.05) is 12.3 Å². The number of piperidine rings is 1. The van der Waals surface area contributed by atoms with Crippen LogP contribution in [0.4, 0.5) is 5.69 Å². The van der Waals surface area contributed by atoms with Crippen LogP contribution in [0.5, 0.6) is 0 Å². The Balaban J connectivity index is 1.96. The van der Waals surface area contributed by atoms with Gasteiger partial charge in [-0.2, -0.15) is 5.10 Å². The van der Waals surface area contributed by atoms with Crippen LogP contribution in [-0.2, 0) is 0 Å². The fourth-order valence-electron chi connectivity index (χ4n) is 2.91. The summed E-state index contributed by atoms with van der Waals surface area (Å²) in [5, 5.41) is 18.4. The molecule has 1 atom stereocenters. The summed E-state index contributed by atoms with van der Waals surface area (Å²) in [5.41, 5.74) is 8.48. The van der Waals surface area contributed by atoms with Crippen molar-refractivity contribution >= 4 is 27.8 Å². The molecule has 0 radical (unpaired) electrons. The minimum atomic E-state index is 0.212. The normalized spacial score (nSPS) is 19.9. The summed E-state index contributed by atoms with van der Waals surface area (Å²) in [6.07, 6.45) is 5.84. The molecule has 3 aromatic heterocycles. The molecule has 0 spiro atoms. The first-order chi connectivity index (χ1) is 9.83. The van der Waals surface area contributed by atoms with Gasteiger partial charge >= 0.3 is 0 Å². The summed E-state index contributed by atoms with van der Waals surface area (Å²) < 4.78 is 0.